The SMILES string of the molecule is CCCCS(=O)(=O)CCC(=O)c1ccccc1. The second-order valence-electron chi connectivity index (χ2n) is 4.04. The summed E-state index contributed by atoms with van der Waals surface area (Å²) in [4.78, 5) is 11.7. The van der Waals surface area contributed by atoms with Crippen LogP contribution in [-0.4, -0.2) is 25.7 Å². The molecule has 0 fully saturated rings. The Labute approximate surface area is 103 Å². The van der Waals surface area contributed by atoms with Crippen LogP contribution >= 0.6 is 0 Å². The van der Waals surface area contributed by atoms with Crippen molar-refractivity contribution in [3.63, 3.8) is 0 Å². The zero-order chi connectivity index (χ0) is 12.7. The van der Waals surface area contributed by atoms with E-state index in [2.05, 4.69) is 0 Å². The molecule has 4 heteroatoms. The molecule has 0 aliphatic rings. The van der Waals surface area contributed by atoms with Gasteiger partial charge in [-0.25, -0.2) is 8.42 Å². The smallest absolute Gasteiger partial charge is 0.163 e. The first-order valence-electron chi connectivity index (χ1n) is 5.84. The summed E-state index contributed by atoms with van der Waals surface area (Å²) in [7, 11) is -3.07. The summed E-state index contributed by atoms with van der Waals surface area (Å²) in [5.74, 6) is 0.0393. The monoisotopic (exact) mass is 254 g/mol. The fourth-order valence-electron chi connectivity index (χ4n) is 1.48. The van der Waals surface area contributed by atoms with Crippen LogP contribution in [0.15, 0.2) is 30.3 Å². The summed E-state index contributed by atoms with van der Waals surface area (Å²) in [5, 5.41) is 0. The highest BCUT2D eigenvalue weighted by Gasteiger charge is 2.13. The quantitative estimate of drug-likeness (QED) is 0.702. The van der Waals surface area contributed by atoms with Crippen LogP contribution in [0.1, 0.15) is 36.5 Å². The number of unbranched alkanes of at least 4 members (excludes halogenated alkanes) is 1. The molecule has 0 amide bonds. The molecular weight excluding hydrogens is 236 g/mol. The van der Waals surface area contributed by atoms with Crippen LogP contribution < -0.4 is 0 Å². The summed E-state index contributed by atoms with van der Waals surface area (Å²) in [6, 6.07) is 8.80. The second-order valence-corrected chi connectivity index (χ2v) is 6.35. The van der Waals surface area contributed by atoms with E-state index in [4.69, 9.17) is 0 Å². The van der Waals surface area contributed by atoms with Crippen LogP contribution in [-0.2, 0) is 9.84 Å². The van der Waals surface area contributed by atoms with Gasteiger partial charge in [-0.15, -0.1) is 0 Å². The van der Waals surface area contributed by atoms with Crippen LogP contribution in [0.2, 0.25) is 0 Å². The van der Waals surface area contributed by atoms with E-state index < -0.39 is 9.84 Å². The number of rotatable bonds is 7. The molecule has 1 rings (SSSR count). The normalized spacial score (nSPS) is 11.4. The van der Waals surface area contributed by atoms with Gasteiger partial charge in [0.25, 0.3) is 0 Å². The number of carbonyl (C=O) groups is 1. The molecule has 1 aromatic carbocycles. The molecule has 17 heavy (non-hydrogen) atoms. The Morgan fingerprint density at radius 1 is 1.12 bits per heavy atom. The number of carbonyl (C=O) groups excluding carboxylic acids is 1. The molecule has 0 unspecified atom stereocenters. The third-order valence-corrected chi connectivity index (χ3v) is 4.28. The van der Waals surface area contributed by atoms with Crippen molar-refractivity contribution in [2.24, 2.45) is 0 Å². The topological polar surface area (TPSA) is 51.2 Å². The maximum absolute atomic E-state index is 11.7. The van der Waals surface area contributed by atoms with Crippen LogP contribution in [0.25, 0.3) is 0 Å². The first-order chi connectivity index (χ1) is 8.05. The number of sulfone groups is 1. The summed E-state index contributed by atoms with van der Waals surface area (Å²) in [6.45, 7) is 1.95. The molecule has 0 saturated heterocycles. The van der Waals surface area contributed by atoms with E-state index in [-0.39, 0.29) is 23.7 Å². The zero-order valence-corrected chi connectivity index (χ0v) is 10.9. The Bertz CT molecular complexity index is 449. The number of benzene rings is 1. The van der Waals surface area contributed by atoms with Crippen LogP contribution in [0.4, 0.5) is 0 Å². The van der Waals surface area contributed by atoms with Crippen molar-refractivity contribution in [1.82, 2.24) is 0 Å². The molecular formula is C13H18O3S. The highest BCUT2D eigenvalue weighted by molar-refractivity contribution is 7.91. The molecule has 0 bridgehead atoms. The second kappa shape index (κ2) is 6.55. The molecule has 0 saturated carbocycles. The molecule has 0 aliphatic carbocycles. The molecule has 0 aliphatic heterocycles. The van der Waals surface area contributed by atoms with Gasteiger partial charge in [-0.05, 0) is 6.42 Å². The maximum atomic E-state index is 11.7. The number of hydrogen-bond donors (Lipinski definition) is 0. The number of Topliss-reactive ketones (excluding diaryl/α,β-unsaturated/α-hetero) is 1. The van der Waals surface area contributed by atoms with Crippen molar-refractivity contribution in [3.05, 3.63) is 35.9 Å². The first kappa shape index (κ1) is 13.9. The van der Waals surface area contributed by atoms with Crippen molar-refractivity contribution in [1.29, 1.82) is 0 Å². The lowest BCUT2D eigenvalue weighted by Crippen LogP contribution is -2.14. The summed E-state index contributed by atoms with van der Waals surface area (Å²) < 4.78 is 23.1. The Balaban J connectivity index is 2.49. The van der Waals surface area contributed by atoms with E-state index in [0.717, 1.165) is 6.42 Å². The van der Waals surface area contributed by atoms with Gasteiger partial charge in [0.15, 0.2) is 15.6 Å². The third-order valence-electron chi connectivity index (χ3n) is 2.54. The van der Waals surface area contributed by atoms with Gasteiger partial charge < -0.3 is 0 Å². The Morgan fingerprint density at radius 2 is 1.76 bits per heavy atom. The van der Waals surface area contributed by atoms with E-state index in [9.17, 15) is 13.2 Å². The molecule has 0 atom stereocenters. The Kier molecular flexibility index (Phi) is 5.35. The van der Waals surface area contributed by atoms with Gasteiger partial charge in [0, 0.05) is 12.0 Å². The van der Waals surface area contributed by atoms with E-state index in [1.807, 2.05) is 13.0 Å². The Hall–Kier alpha value is -1.16. The lowest BCUT2D eigenvalue weighted by atomic mass is 10.1. The minimum Gasteiger partial charge on any atom is -0.294 e. The van der Waals surface area contributed by atoms with Crippen molar-refractivity contribution in [3.8, 4) is 0 Å². The predicted octanol–water partition coefficient (Wildman–Crippen LogP) is 2.47. The van der Waals surface area contributed by atoms with Gasteiger partial charge in [0.2, 0.25) is 0 Å². The lowest BCUT2D eigenvalue weighted by Gasteiger charge is -2.03. The van der Waals surface area contributed by atoms with E-state index in [0.29, 0.717) is 12.0 Å². The highest BCUT2D eigenvalue weighted by Crippen LogP contribution is 2.06. The minimum atomic E-state index is -3.07. The predicted molar refractivity (Wildman–Crippen MR) is 69.0 cm³/mol. The van der Waals surface area contributed by atoms with Crippen LogP contribution in [0.5, 0.6) is 0 Å². The molecule has 1 aromatic rings. The van der Waals surface area contributed by atoms with Crippen molar-refractivity contribution < 1.29 is 13.2 Å². The van der Waals surface area contributed by atoms with Crippen LogP contribution in [0.3, 0.4) is 0 Å². The van der Waals surface area contributed by atoms with Gasteiger partial charge in [0.1, 0.15) is 0 Å². The highest BCUT2D eigenvalue weighted by atomic mass is 32.2. The summed E-state index contributed by atoms with van der Waals surface area (Å²) >= 11 is 0. The molecule has 94 valence electrons. The van der Waals surface area contributed by atoms with Crippen molar-refractivity contribution in [2.75, 3.05) is 11.5 Å². The summed E-state index contributed by atoms with van der Waals surface area (Å²) in [6.07, 6.45) is 1.60. The van der Waals surface area contributed by atoms with Crippen LogP contribution in [0, 0.1) is 0 Å². The van der Waals surface area contributed by atoms with Crippen molar-refractivity contribution in [2.45, 2.75) is 26.2 Å². The molecule has 3 nitrogen and oxygen atoms in total. The first-order valence-corrected chi connectivity index (χ1v) is 7.66. The minimum absolute atomic E-state index is 0.0409. The molecule has 0 heterocycles. The van der Waals surface area contributed by atoms with Gasteiger partial charge in [-0.2, -0.15) is 0 Å². The largest absolute Gasteiger partial charge is 0.294 e. The van der Waals surface area contributed by atoms with Crippen molar-refractivity contribution >= 4 is 15.6 Å². The summed E-state index contributed by atoms with van der Waals surface area (Å²) in [5.41, 5.74) is 0.582. The van der Waals surface area contributed by atoms with Gasteiger partial charge in [0.05, 0.1) is 11.5 Å². The average molecular weight is 254 g/mol. The Morgan fingerprint density at radius 3 is 2.35 bits per heavy atom. The van der Waals surface area contributed by atoms with Gasteiger partial charge >= 0.3 is 0 Å². The third kappa shape index (κ3) is 5.13. The molecule has 0 aromatic heterocycles. The average Bonchev–Trinajstić information content (AvgIpc) is 2.35. The fraction of sp³-hybridized carbons (Fsp3) is 0.462. The van der Waals surface area contributed by atoms with Gasteiger partial charge in [-0.1, -0.05) is 43.7 Å². The van der Waals surface area contributed by atoms with E-state index >= 15 is 0 Å². The standard InChI is InChI=1S/C13H18O3S/c1-2-3-10-17(15,16)11-9-13(14)12-7-5-4-6-8-12/h4-8H,2-3,9-11H2,1H3. The number of hydrogen-bond acceptors (Lipinski definition) is 3. The number of ketones is 1. The molecule has 0 spiro atoms. The van der Waals surface area contributed by atoms with Gasteiger partial charge in [-0.3, -0.25) is 4.79 Å². The van der Waals surface area contributed by atoms with E-state index in [1.165, 1.54) is 0 Å². The molecule has 0 N–H and O–H groups in total. The van der Waals surface area contributed by atoms with E-state index in [1.54, 1.807) is 24.3 Å². The fourth-order valence-corrected chi connectivity index (χ4v) is 2.91. The molecule has 0 radical (unpaired) electrons. The lowest BCUT2D eigenvalue weighted by molar-refractivity contribution is 0.0989. The maximum Gasteiger partial charge on any atom is 0.163 e. The zero-order valence-electron chi connectivity index (χ0n) is 10.1.